The molecule has 14 heteroatoms. The van der Waals surface area contributed by atoms with Crippen LogP contribution < -0.4 is 10.6 Å². The number of H-pyrrole nitrogens is 1. The van der Waals surface area contributed by atoms with Gasteiger partial charge in [-0.15, -0.1) is 0 Å². The number of aromatic amines is 1. The van der Waals surface area contributed by atoms with Gasteiger partial charge in [0.25, 0.3) is 0 Å². The smallest absolute Gasteiger partial charge is 0.343 e. The van der Waals surface area contributed by atoms with Gasteiger partial charge in [0.2, 0.25) is 24.1 Å². The molecule has 0 saturated carbocycles. The van der Waals surface area contributed by atoms with Crippen LogP contribution in [0.25, 0.3) is 10.9 Å². The standard InChI is InChI=1S/C24H28ClF3N6O4/c1-29-20(22(37)30-12-35)13-2-4-33(5-3-13)19(36)8-15-6-14-7-18(25)21-16(9-31-32-21)17(14)10-34(23(15)38)11-24(26,27)28/h7,9,12-13,15,20,29H,2-6,8,10-11H2,1H3,(H,31,32)(H,30,35,37)/t15-,20?/m0/s1. The lowest BCUT2D eigenvalue weighted by molar-refractivity contribution is -0.165. The normalized spacial score (nSPS) is 19.7. The fraction of sp³-hybridized carbons (Fsp3) is 0.542. The molecular formula is C24H28ClF3N6O4. The second kappa shape index (κ2) is 11.3. The topological polar surface area (TPSA) is 128 Å². The number of alkyl halides is 3. The molecule has 0 bridgehead atoms. The Morgan fingerprint density at radius 1 is 1.32 bits per heavy atom. The number of benzene rings is 1. The molecule has 2 aliphatic heterocycles. The number of nitrogens with one attached hydrogen (secondary N) is 3. The SMILES string of the molecule is CNC(C(=O)NC=O)C1CCN(C(=O)C[C@@H]2Cc3cc(Cl)c4[nH]ncc4c3CN(CC(F)(F)F)C2=O)CC1. The Bertz CT molecular complexity index is 1230. The third kappa shape index (κ3) is 5.93. The molecule has 1 saturated heterocycles. The first kappa shape index (κ1) is 27.8. The van der Waals surface area contributed by atoms with Gasteiger partial charge < -0.3 is 15.1 Å². The predicted molar refractivity (Wildman–Crippen MR) is 131 cm³/mol. The van der Waals surface area contributed by atoms with E-state index >= 15 is 0 Å². The van der Waals surface area contributed by atoms with Gasteiger partial charge in [0.1, 0.15) is 6.54 Å². The summed E-state index contributed by atoms with van der Waals surface area (Å²) in [5.41, 5.74) is 1.61. The molecule has 2 aromatic rings. The fourth-order valence-electron chi connectivity index (χ4n) is 5.49. The summed E-state index contributed by atoms with van der Waals surface area (Å²) in [6.45, 7) is -1.06. The summed E-state index contributed by atoms with van der Waals surface area (Å²) in [5.74, 6) is -2.64. The summed E-state index contributed by atoms with van der Waals surface area (Å²) in [7, 11) is 1.61. The van der Waals surface area contributed by atoms with E-state index in [0.717, 1.165) is 4.90 Å². The zero-order valence-corrected chi connectivity index (χ0v) is 21.4. The Kier molecular flexibility index (Phi) is 8.26. The van der Waals surface area contributed by atoms with Crippen molar-refractivity contribution >= 4 is 46.6 Å². The Morgan fingerprint density at radius 2 is 2.03 bits per heavy atom. The second-order valence-corrected chi connectivity index (χ2v) is 10.1. The Labute approximate surface area is 221 Å². The van der Waals surface area contributed by atoms with Crippen molar-refractivity contribution in [3.05, 3.63) is 28.4 Å². The van der Waals surface area contributed by atoms with E-state index in [1.165, 1.54) is 6.20 Å². The maximum Gasteiger partial charge on any atom is 0.406 e. The molecule has 1 aromatic carbocycles. The highest BCUT2D eigenvalue weighted by Gasteiger charge is 2.40. The van der Waals surface area contributed by atoms with Crippen molar-refractivity contribution in [3.63, 3.8) is 0 Å². The maximum absolute atomic E-state index is 13.4. The molecule has 0 aliphatic carbocycles. The number of fused-ring (bicyclic) bond motifs is 3. The third-order valence-corrected chi connectivity index (χ3v) is 7.62. The zero-order valence-electron chi connectivity index (χ0n) is 20.6. The van der Waals surface area contributed by atoms with Crippen molar-refractivity contribution in [2.75, 3.05) is 26.7 Å². The number of likely N-dealkylation sites (N-methyl/N-ethyl adjacent to an activating group) is 1. The van der Waals surface area contributed by atoms with Crippen LogP contribution in [0.15, 0.2) is 12.3 Å². The molecule has 3 N–H and O–H groups in total. The van der Waals surface area contributed by atoms with Crippen molar-refractivity contribution < 1.29 is 32.3 Å². The lowest BCUT2D eigenvalue weighted by atomic mass is 9.88. The van der Waals surface area contributed by atoms with Crippen molar-refractivity contribution in [1.82, 2.24) is 30.6 Å². The second-order valence-electron chi connectivity index (χ2n) is 9.68. The lowest BCUT2D eigenvalue weighted by Crippen LogP contribution is -2.51. The highest BCUT2D eigenvalue weighted by Crippen LogP contribution is 2.35. The van der Waals surface area contributed by atoms with E-state index in [4.69, 9.17) is 11.6 Å². The molecule has 0 spiro atoms. The van der Waals surface area contributed by atoms with E-state index in [1.807, 2.05) is 0 Å². The maximum atomic E-state index is 13.4. The number of hydrogen-bond donors (Lipinski definition) is 3. The number of hydrogen-bond acceptors (Lipinski definition) is 6. The molecule has 1 unspecified atom stereocenters. The monoisotopic (exact) mass is 556 g/mol. The molecule has 4 amide bonds. The first-order valence-electron chi connectivity index (χ1n) is 12.2. The minimum absolute atomic E-state index is 0.0687. The van der Waals surface area contributed by atoms with Crippen LogP contribution in [0.4, 0.5) is 13.2 Å². The number of carbonyl (C=O) groups is 4. The number of nitrogens with zero attached hydrogens (tertiary/aromatic N) is 3. The molecule has 3 heterocycles. The van der Waals surface area contributed by atoms with Crippen LogP contribution in [0.1, 0.15) is 30.4 Å². The van der Waals surface area contributed by atoms with Gasteiger partial charge in [0.15, 0.2) is 0 Å². The van der Waals surface area contributed by atoms with Gasteiger partial charge in [0, 0.05) is 31.4 Å². The van der Waals surface area contributed by atoms with Crippen LogP contribution in [0.2, 0.25) is 5.02 Å². The quantitative estimate of drug-likeness (QED) is 0.446. The number of halogens is 4. The van der Waals surface area contributed by atoms with Gasteiger partial charge in [-0.25, -0.2) is 0 Å². The van der Waals surface area contributed by atoms with Crippen LogP contribution in [-0.2, 0) is 32.1 Å². The summed E-state index contributed by atoms with van der Waals surface area (Å²) < 4.78 is 40.2. The van der Waals surface area contributed by atoms with Crippen molar-refractivity contribution in [3.8, 4) is 0 Å². The molecule has 0 radical (unpaired) electrons. The van der Waals surface area contributed by atoms with Gasteiger partial charge >= 0.3 is 6.18 Å². The van der Waals surface area contributed by atoms with Gasteiger partial charge in [-0.1, -0.05) is 11.6 Å². The number of piperidine rings is 1. The summed E-state index contributed by atoms with van der Waals surface area (Å²) in [6.07, 6.45) is -2.03. The predicted octanol–water partition coefficient (Wildman–Crippen LogP) is 1.77. The largest absolute Gasteiger partial charge is 0.406 e. The van der Waals surface area contributed by atoms with Crippen LogP contribution >= 0.6 is 11.6 Å². The van der Waals surface area contributed by atoms with E-state index in [9.17, 15) is 32.3 Å². The van der Waals surface area contributed by atoms with E-state index in [2.05, 4.69) is 20.8 Å². The van der Waals surface area contributed by atoms with Crippen molar-refractivity contribution in [1.29, 1.82) is 0 Å². The van der Waals surface area contributed by atoms with Crippen LogP contribution in [0.3, 0.4) is 0 Å². The van der Waals surface area contributed by atoms with Gasteiger partial charge in [-0.2, -0.15) is 18.3 Å². The summed E-state index contributed by atoms with van der Waals surface area (Å²) in [5, 5.41) is 12.6. The van der Waals surface area contributed by atoms with Gasteiger partial charge in [-0.05, 0) is 49.4 Å². The number of rotatable bonds is 7. The molecule has 206 valence electrons. The Balaban J connectivity index is 1.51. The average Bonchev–Trinajstić information content (AvgIpc) is 3.32. The van der Waals surface area contributed by atoms with Crippen molar-refractivity contribution in [2.45, 2.75) is 44.4 Å². The first-order chi connectivity index (χ1) is 18.0. The number of amides is 4. The molecule has 1 aromatic heterocycles. The molecule has 10 nitrogen and oxygen atoms in total. The van der Waals surface area contributed by atoms with Gasteiger partial charge in [-0.3, -0.25) is 29.6 Å². The number of imide groups is 1. The molecule has 38 heavy (non-hydrogen) atoms. The minimum Gasteiger partial charge on any atom is -0.343 e. The van der Waals surface area contributed by atoms with Crippen LogP contribution in [0, 0.1) is 11.8 Å². The van der Waals surface area contributed by atoms with E-state index in [-0.39, 0.29) is 31.2 Å². The zero-order chi connectivity index (χ0) is 27.6. The summed E-state index contributed by atoms with van der Waals surface area (Å²) >= 11 is 6.36. The summed E-state index contributed by atoms with van der Waals surface area (Å²) in [4.78, 5) is 51.6. The number of aromatic nitrogens is 2. The van der Waals surface area contributed by atoms with Crippen LogP contribution in [0.5, 0.6) is 0 Å². The van der Waals surface area contributed by atoms with E-state index in [1.54, 1.807) is 18.0 Å². The number of likely N-dealkylation sites (tertiary alicyclic amines) is 1. The van der Waals surface area contributed by atoms with Crippen molar-refractivity contribution in [2.24, 2.45) is 11.8 Å². The van der Waals surface area contributed by atoms with E-state index < -0.39 is 36.5 Å². The summed E-state index contributed by atoms with van der Waals surface area (Å²) in [6, 6.07) is 1.02. The molecule has 2 aliphatic rings. The fourth-order valence-corrected chi connectivity index (χ4v) is 5.77. The molecule has 4 rings (SSSR count). The Hall–Kier alpha value is -3.19. The van der Waals surface area contributed by atoms with Crippen LogP contribution in [-0.4, -0.2) is 83.0 Å². The highest BCUT2D eigenvalue weighted by atomic mass is 35.5. The Morgan fingerprint density at radius 3 is 2.66 bits per heavy atom. The first-order valence-corrected chi connectivity index (χ1v) is 12.6. The third-order valence-electron chi connectivity index (χ3n) is 7.32. The van der Waals surface area contributed by atoms with E-state index in [0.29, 0.717) is 59.4 Å². The van der Waals surface area contributed by atoms with Gasteiger partial charge in [0.05, 0.1) is 28.7 Å². The molecule has 1 fully saturated rings. The molecular weight excluding hydrogens is 529 g/mol. The average molecular weight is 557 g/mol. The lowest BCUT2D eigenvalue weighted by Gasteiger charge is -2.36. The highest BCUT2D eigenvalue weighted by molar-refractivity contribution is 6.35. The molecule has 2 atom stereocenters. The minimum atomic E-state index is -4.61. The number of carbonyl (C=O) groups excluding carboxylic acids is 4.